The highest BCUT2D eigenvalue weighted by molar-refractivity contribution is 9.10. The standard InChI is InChI=1S/C21H23BrFNO4/c22-14-2-1-3-15(8-14)24(16(25)19-9-20(23,10-19)11-19)12-21-6-4-18(5-7-21,13-28-21)17(26)27/h1-3,8H,4-7,9-13H2,(H,26,27). The van der Waals surface area contributed by atoms with Crippen molar-refractivity contribution in [1.29, 1.82) is 0 Å². The zero-order chi connectivity index (χ0) is 19.8. The van der Waals surface area contributed by atoms with Gasteiger partial charge in [-0.05, 0) is 63.1 Å². The summed E-state index contributed by atoms with van der Waals surface area (Å²) in [5.41, 5.74) is -2.23. The van der Waals surface area contributed by atoms with Gasteiger partial charge in [0, 0.05) is 10.2 Å². The van der Waals surface area contributed by atoms with Crippen molar-refractivity contribution in [2.75, 3.05) is 18.1 Å². The normalized spacial score (nSPS) is 40.4. The largest absolute Gasteiger partial charge is 0.481 e. The lowest BCUT2D eigenvalue weighted by Crippen LogP contribution is -2.71. The number of carboxylic acids is 1. The molecule has 28 heavy (non-hydrogen) atoms. The van der Waals surface area contributed by atoms with Crippen LogP contribution >= 0.6 is 15.9 Å². The number of nitrogens with zero attached hydrogens (tertiary/aromatic N) is 1. The van der Waals surface area contributed by atoms with E-state index in [1.54, 1.807) is 4.90 Å². The number of rotatable bonds is 5. The molecule has 6 aliphatic rings. The number of anilines is 1. The Morgan fingerprint density at radius 1 is 1.14 bits per heavy atom. The molecule has 0 spiro atoms. The molecular formula is C21H23BrFNO4. The predicted octanol–water partition coefficient (Wildman–Crippen LogP) is 4.09. The van der Waals surface area contributed by atoms with Crippen LogP contribution in [0.5, 0.6) is 0 Å². The Hall–Kier alpha value is -1.47. The second-order valence-corrected chi connectivity index (χ2v) is 10.3. The number of carboxylic acid groups (broad SMARTS) is 1. The molecule has 6 fully saturated rings. The first-order valence-corrected chi connectivity index (χ1v) is 10.6. The van der Waals surface area contributed by atoms with Gasteiger partial charge in [0.1, 0.15) is 5.67 Å². The molecule has 0 unspecified atom stereocenters. The lowest BCUT2D eigenvalue weighted by Gasteiger charge is -2.65. The van der Waals surface area contributed by atoms with Crippen molar-refractivity contribution in [1.82, 2.24) is 0 Å². The van der Waals surface area contributed by atoms with Crippen molar-refractivity contribution in [3.63, 3.8) is 0 Å². The first-order valence-electron chi connectivity index (χ1n) is 9.83. The second-order valence-electron chi connectivity index (χ2n) is 9.39. The zero-order valence-corrected chi connectivity index (χ0v) is 17.1. The van der Waals surface area contributed by atoms with Gasteiger partial charge in [-0.25, -0.2) is 4.39 Å². The molecule has 150 valence electrons. The summed E-state index contributed by atoms with van der Waals surface area (Å²) >= 11 is 3.47. The molecule has 0 radical (unpaired) electrons. The van der Waals surface area contributed by atoms with Crippen LogP contribution in [0.2, 0.25) is 0 Å². The van der Waals surface area contributed by atoms with Gasteiger partial charge in [0.2, 0.25) is 5.91 Å². The number of carbonyl (C=O) groups is 2. The van der Waals surface area contributed by atoms with E-state index >= 15 is 0 Å². The van der Waals surface area contributed by atoms with E-state index < -0.39 is 28.1 Å². The summed E-state index contributed by atoms with van der Waals surface area (Å²) in [5, 5.41) is 9.57. The van der Waals surface area contributed by atoms with Crippen molar-refractivity contribution in [3.8, 4) is 0 Å². The SMILES string of the molecule is O=C(O)C12CCC(CN(C(=O)C34CC(F)(C3)C4)c3cccc(Br)c3)(CC1)OC2. The Bertz CT molecular complexity index is 827. The molecule has 2 aliphatic heterocycles. The molecule has 4 saturated carbocycles. The van der Waals surface area contributed by atoms with E-state index in [0.29, 0.717) is 51.5 Å². The van der Waals surface area contributed by atoms with Crippen LogP contribution in [0, 0.1) is 10.8 Å². The Balaban J connectivity index is 1.42. The Kier molecular flexibility index (Phi) is 3.83. The average Bonchev–Trinajstić information content (AvgIpc) is 2.64. The van der Waals surface area contributed by atoms with Crippen molar-refractivity contribution in [2.45, 2.75) is 56.2 Å². The quantitative estimate of drug-likeness (QED) is 0.731. The molecule has 1 aromatic rings. The fraction of sp³-hybridized carbons (Fsp3) is 0.619. The van der Waals surface area contributed by atoms with E-state index in [4.69, 9.17) is 4.74 Å². The van der Waals surface area contributed by atoms with Crippen LogP contribution in [0.15, 0.2) is 28.7 Å². The molecule has 4 aliphatic carbocycles. The molecular weight excluding hydrogens is 429 g/mol. The number of amides is 1. The third-order valence-electron chi connectivity index (χ3n) is 7.46. The summed E-state index contributed by atoms with van der Waals surface area (Å²) in [6, 6.07) is 7.58. The van der Waals surface area contributed by atoms with E-state index in [1.807, 2.05) is 24.3 Å². The van der Waals surface area contributed by atoms with E-state index in [1.165, 1.54) is 0 Å². The van der Waals surface area contributed by atoms with E-state index in [9.17, 15) is 19.1 Å². The summed E-state index contributed by atoms with van der Waals surface area (Å²) in [7, 11) is 0. The zero-order valence-electron chi connectivity index (χ0n) is 15.5. The van der Waals surface area contributed by atoms with Crippen LogP contribution in [0.3, 0.4) is 0 Å². The number of alkyl halides is 1. The van der Waals surface area contributed by atoms with Crippen LogP contribution in [0.1, 0.15) is 44.9 Å². The van der Waals surface area contributed by atoms with Crippen LogP contribution in [-0.4, -0.2) is 41.4 Å². The highest BCUT2D eigenvalue weighted by atomic mass is 79.9. The minimum absolute atomic E-state index is 0.0243. The number of ether oxygens (including phenoxy) is 1. The maximum atomic E-state index is 14.1. The molecule has 1 N–H and O–H groups in total. The first-order chi connectivity index (χ1) is 13.2. The van der Waals surface area contributed by atoms with Gasteiger partial charge in [-0.2, -0.15) is 0 Å². The van der Waals surface area contributed by atoms with Gasteiger partial charge in [0.15, 0.2) is 0 Å². The summed E-state index contributed by atoms with van der Waals surface area (Å²) in [6.07, 6.45) is 3.34. The van der Waals surface area contributed by atoms with Crippen LogP contribution in [-0.2, 0) is 14.3 Å². The molecule has 1 amide bonds. The number of hydrogen-bond acceptors (Lipinski definition) is 3. The molecule has 0 atom stereocenters. The molecule has 7 heteroatoms. The maximum Gasteiger partial charge on any atom is 0.311 e. The Morgan fingerprint density at radius 3 is 2.32 bits per heavy atom. The molecule has 4 bridgehead atoms. The van der Waals surface area contributed by atoms with Crippen LogP contribution < -0.4 is 4.90 Å². The maximum absolute atomic E-state index is 14.1. The van der Waals surface area contributed by atoms with Crippen molar-refractivity contribution < 1.29 is 23.8 Å². The van der Waals surface area contributed by atoms with Gasteiger partial charge in [-0.1, -0.05) is 22.0 Å². The molecule has 5 nitrogen and oxygen atoms in total. The Morgan fingerprint density at radius 2 is 1.82 bits per heavy atom. The smallest absolute Gasteiger partial charge is 0.311 e. The summed E-state index contributed by atoms with van der Waals surface area (Å²) in [5.74, 6) is -0.813. The van der Waals surface area contributed by atoms with Crippen molar-refractivity contribution in [3.05, 3.63) is 28.7 Å². The van der Waals surface area contributed by atoms with Gasteiger partial charge < -0.3 is 14.7 Å². The monoisotopic (exact) mass is 451 g/mol. The molecule has 2 heterocycles. The van der Waals surface area contributed by atoms with Gasteiger partial charge in [-0.3, -0.25) is 9.59 Å². The number of fused-ring (bicyclic) bond motifs is 3. The van der Waals surface area contributed by atoms with Gasteiger partial charge in [0.25, 0.3) is 0 Å². The number of aliphatic carboxylic acids is 1. The lowest BCUT2D eigenvalue weighted by molar-refractivity contribution is -0.214. The number of benzene rings is 1. The van der Waals surface area contributed by atoms with Gasteiger partial charge in [0.05, 0.1) is 29.6 Å². The van der Waals surface area contributed by atoms with Crippen LogP contribution in [0.4, 0.5) is 10.1 Å². The lowest BCUT2D eigenvalue weighted by atomic mass is 9.42. The Labute approximate surface area is 171 Å². The molecule has 7 rings (SSSR count). The van der Waals surface area contributed by atoms with Crippen molar-refractivity contribution in [2.24, 2.45) is 10.8 Å². The topological polar surface area (TPSA) is 66.8 Å². The predicted molar refractivity (Wildman–Crippen MR) is 104 cm³/mol. The number of carbonyl (C=O) groups excluding carboxylic acids is 1. The molecule has 0 aromatic heterocycles. The second kappa shape index (κ2) is 5.79. The third kappa shape index (κ3) is 2.58. The number of halogens is 2. The first kappa shape index (κ1) is 18.6. The fourth-order valence-corrected chi connectivity index (χ4v) is 6.02. The minimum Gasteiger partial charge on any atom is -0.481 e. The summed E-state index contributed by atoms with van der Waals surface area (Å²) in [4.78, 5) is 26.9. The number of hydrogen-bond donors (Lipinski definition) is 1. The molecule has 2 saturated heterocycles. The van der Waals surface area contributed by atoms with Crippen LogP contribution in [0.25, 0.3) is 0 Å². The third-order valence-corrected chi connectivity index (χ3v) is 7.95. The van der Waals surface area contributed by atoms with E-state index in [2.05, 4.69) is 15.9 Å². The fourth-order valence-electron chi connectivity index (χ4n) is 5.63. The summed E-state index contributed by atoms with van der Waals surface area (Å²) < 4.78 is 21.0. The van der Waals surface area contributed by atoms with Gasteiger partial charge >= 0.3 is 5.97 Å². The van der Waals surface area contributed by atoms with E-state index in [0.717, 1.165) is 10.2 Å². The highest BCUT2D eigenvalue weighted by Crippen LogP contribution is 2.70. The highest BCUT2D eigenvalue weighted by Gasteiger charge is 2.73. The average molecular weight is 452 g/mol. The van der Waals surface area contributed by atoms with E-state index in [-0.39, 0.29) is 12.5 Å². The minimum atomic E-state index is -1.13. The molecule has 1 aromatic carbocycles. The summed E-state index contributed by atoms with van der Waals surface area (Å²) in [6.45, 7) is 0.584. The van der Waals surface area contributed by atoms with Gasteiger partial charge in [-0.15, -0.1) is 0 Å². The van der Waals surface area contributed by atoms with Crippen molar-refractivity contribution >= 4 is 33.5 Å².